The zero-order valence-electron chi connectivity index (χ0n) is 7.69. The summed E-state index contributed by atoms with van der Waals surface area (Å²) in [6.45, 7) is 0. The maximum absolute atomic E-state index is 5.77. The second-order valence-electron chi connectivity index (χ2n) is 2.68. The van der Waals surface area contributed by atoms with E-state index >= 15 is 0 Å². The van der Waals surface area contributed by atoms with E-state index in [-0.39, 0.29) is 11.3 Å². The van der Waals surface area contributed by atoms with Gasteiger partial charge in [0.1, 0.15) is 0 Å². The largest absolute Gasteiger partial charge is 0.395 e. The standard InChI is InChI=1S/C8H6Cl2N4.H3N/c9-5-1-6(3-12-2-5)14-4-7(11)8(10)13-14;/h1-4H,11H2;1H3. The molecule has 0 saturated heterocycles. The normalized spacial score (nSPS) is 9.73. The van der Waals surface area contributed by atoms with E-state index in [0.717, 1.165) is 5.69 Å². The van der Waals surface area contributed by atoms with Crippen LogP contribution < -0.4 is 11.9 Å². The quantitative estimate of drug-likeness (QED) is 0.807. The molecule has 5 N–H and O–H groups in total. The van der Waals surface area contributed by atoms with Crippen LogP contribution in [0.15, 0.2) is 24.7 Å². The minimum absolute atomic E-state index is 0. The van der Waals surface area contributed by atoms with Crippen molar-refractivity contribution in [3.63, 3.8) is 0 Å². The lowest BCUT2D eigenvalue weighted by Crippen LogP contribution is -1.94. The molecular formula is C8H9Cl2N5. The first-order chi connectivity index (χ1) is 6.66. The van der Waals surface area contributed by atoms with Crippen LogP contribution in [0.5, 0.6) is 0 Å². The Bertz CT molecular complexity index is 448. The van der Waals surface area contributed by atoms with E-state index in [1.165, 1.54) is 4.68 Å². The first-order valence-corrected chi connectivity index (χ1v) is 4.54. The average Bonchev–Trinajstić information content (AvgIpc) is 2.47. The summed E-state index contributed by atoms with van der Waals surface area (Å²) in [5.74, 6) is 0. The maximum atomic E-state index is 5.77. The summed E-state index contributed by atoms with van der Waals surface area (Å²) in [6, 6.07) is 1.72. The van der Waals surface area contributed by atoms with E-state index < -0.39 is 0 Å². The number of nitrogens with zero attached hydrogens (tertiary/aromatic N) is 3. The maximum Gasteiger partial charge on any atom is 0.174 e. The first-order valence-electron chi connectivity index (χ1n) is 3.78. The number of nitrogens with two attached hydrogens (primary N) is 1. The first kappa shape index (κ1) is 11.8. The van der Waals surface area contributed by atoms with Crippen molar-refractivity contribution in [1.29, 1.82) is 0 Å². The van der Waals surface area contributed by atoms with Crippen molar-refractivity contribution in [2.24, 2.45) is 0 Å². The number of hydrogen-bond donors (Lipinski definition) is 2. The van der Waals surface area contributed by atoms with Crippen molar-refractivity contribution in [2.75, 3.05) is 5.73 Å². The molecule has 80 valence electrons. The molecule has 0 aliphatic heterocycles. The van der Waals surface area contributed by atoms with Crippen LogP contribution in [0, 0.1) is 0 Å². The molecule has 2 aromatic rings. The second kappa shape index (κ2) is 4.48. The monoisotopic (exact) mass is 245 g/mol. The van der Waals surface area contributed by atoms with Gasteiger partial charge in [-0.25, -0.2) is 4.68 Å². The molecule has 7 heteroatoms. The zero-order valence-corrected chi connectivity index (χ0v) is 9.20. The van der Waals surface area contributed by atoms with E-state index in [1.807, 2.05) is 0 Å². The van der Waals surface area contributed by atoms with Gasteiger partial charge in [0.15, 0.2) is 5.15 Å². The Morgan fingerprint density at radius 3 is 2.53 bits per heavy atom. The molecule has 5 nitrogen and oxygen atoms in total. The lowest BCUT2D eigenvalue weighted by molar-refractivity contribution is 0.874. The number of rotatable bonds is 1. The predicted octanol–water partition coefficient (Wildman–Crippen LogP) is 2.32. The number of nitrogen functional groups attached to an aromatic ring is 1. The van der Waals surface area contributed by atoms with Crippen molar-refractivity contribution in [3.8, 4) is 5.69 Å². The van der Waals surface area contributed by atoms with Crippen LogP contribution >= 0.6 is 23.2 Å². The summed E-state index contributed by atoms with van der Waals surface area (Å²) in [4.78, 5) is 3.92. The van der Waals surface area contributed by atoms with Gasteiger partial charge in [-0.05, 0) is 6.07 Å². The van der Waals surface area contributed by atoms with Crippen molar-refractivity contribution >= 4 is 28.9 Å². The van der Waals surface area contributed by atoms with Crippen molar-refractivity contribution in [1.82, 2.24) is 20.9 Å². The summed E-state index contributed by atoms with van der Waals surface area (Å²) in [5.41, 5.74) is 6.69. The van der Waals surface area contributed by atoms with Crippen molar-refractivity contribution < 1.29 is 0 Å². The topological polar surface area (TPSA) is 91.7 Å². The Labute approximate surface area is 96.4 Å². The number of hydrogen-bond acceptors (Lipinski definition) is 4. The van der Waals surface area contributed by atoms with E-state index in [2.05, 4.69) is 10.1 Å². The van der Waals surface area contributed by atoms with Gasteiger partial charge in [0.05, 0.1) is 28.8 Å². The summed E-state index contributed by atoms with van der Waals surface area (Å²) < 4.78 is 1.52. The van der Waals surface area contributed by atoms with Crippen LogP contribution in [0.3, 0.4) is 0 Å². The third-order valence-electron chi connectivity index (χ3n) is 1.65. The molecule has 0 radical (unpaired) electrons. The highest BCUT2D eigenvalue weighted by Gasteiger charge is 2.04. The van der Waals surface area contributed by atoms with Crippen LogP contribution in [0.25, 0.3) is 5.69 Å². The molecular weight excluding hydrogens is 237 g/mol. The van der Waals surface area contributed by atoms with Gasteiger partial charge in [0.2, 0.25) is 0 Å². The van der Waals surface area contributed by atoms with Gasteiger partial charge in [-0.2, -0.15) is 5.10 Å². The zero-order chi connectivity index (χ0) is 10.1. The summed E-state index contributed by atoms with van der Waals surface area (Å²) in [7, 11) is 0. The van der Waals surface area contributed by atoms with E-state index in [4.69, 9.17) is 28.9 Å². The summed E-state index contributed by atoms with van der Waals surface area (Å²) in [6.07, 6.45) is 4.77. The van der Waals surface area contributed by atoms with Gasteiger partial charge in [-0.15, -0.1) is 0 Å². The van der Waals surface area contributed by atoms with Crippen LogP contribution in [-0.4, -0.2) is 14.8 Å². The molecule has 0 saturated carbocycles. The molecule has 0 aliphatic carbocycles. The van der Waals surface area contributed by atoms with Crippen LogP contribution in [0.2, 0.25) is 10.2 Å². The minimum atomic E-state index is 0. The van der Waals surface area contributed by atoms with Gasteiger partial charge >= 0.3 is 0 Å². The fraction of sp³-hybridized carbons (Fsp3) is 0. The number of anilines is 1. The smallest absolute Gasteiger partial charge is 0.174 e. The van der Waals surface area contributed by atoms with E-state index in [1.54, 1.807) is 24.7 Å². The SMILES string of the molecule is N.Nc1cn(-c2cncc(Cl)c2)nc1Cl. The number of pyridine rings is 1. The lowest BCUT2D eigenvalue weighted by Gasteiger charge is -1.99. The Balaban J connectivity index is 0.00000112. The number of halogens is 2. The molecule has 2 aromatic heterocycles. The molecule has 2 rings (SSSR count). The van der Waals surface area contributed by atoms with Gasteiger partial charge in [0, 0.05) is 6.20 Å². The third-order valence-corrected chi connectivity index (χ3v) is 2.15. The molecule has 0 bridgehead atoms. The summed E-state index contributed by atoms with van der Waals surface area (Å²) >= 11 is 11.5. The fourth-order valence-electron chi connectivity index (χ4n) is 1.02. The van der Waals surface area contributed by atoms with Crippen molar-refractivity contribution in [3.05, 3.63) is 34.8 Å². The van der Waals surface area contributed by atoms with E-state index in [9.17, 15) is 0 Å². The average molecular weight is 246 g/mol. The molecule has 0 fully saturated rings. The van der Waals surface area contributed by atoms with E-state index in [0.29, 0.717) is 10.7 Å². The Morgan fingerprint density at radius 1 is 1.27 bits per heavy atom. The molecule has 0 atom stereocenters. The Hall–Kier alpha value is -1.30. The van der Waals surface area contributed by atoms with Crippen molar-refractivity contribution in [2.45, 2.75) is 0 Å². The predicted molar refractivity (Wildman–Crippen MR) is 60.8 cm³/mol. The summed E-state index contributed by atoms with van der Waals surface area (Å²) in [5, 5.41) is 4.78. The van der Waals surface area contributed by atoms with Crippen LogP contribution in [0.4, 0.5) is 5.69 Å². The third kappa shape index (κ3) is 2.38. The van der Waals surface area contributed by atoms with Gasteiger partial charge in [-0.1, -0.05) is 23.2 Å². The Kier molecular flexibility index (Phi) is 3.52. The highest BCUT2D eigenvalue weighted by Crippen LogP contribution is 2.19. The Morgan fingerprint density at radius 2 is 2.00 bits per heavy atom. The molecule has 0 unspecified atom stereocenters. The van der Waals surface area contributed by atoms with Crippen LogP contribution in [0.1, 0.15) is 0 Å². The molecule has 0 spiro atoms. The molecule has 0 aliphatic rings. The number of aromatic nitrogens is 3. The lowest BCUT2D eigenvalue weighted by atomic mass is 10.4. The fourth-order valence-corrected chi connectivity index (χ4v) is 1.32. The van der Waals surface area contributed by atoms with Gasteiger partial charge < -0.3 is 11.9 Å². The van der Waals surface area contributed by atoms with Gasteiger partial charge in [-0.3, -0.25) is 4.98 Å². The second-order valence-corrected chi connectivity index (χ2v) is 3.48. The highest BCUT2D eigenvalue weighted by atomic mass is 35.5. The molecule has 0 aromatic carbocycles. The highest BCUT2D eigenvalue weighted by molar-refractivity contribution is 6.31. The minimum Gasteiger partial charge on any atom is -0.395 e. The molecule has 2 heterocycles. The van der Waals surface area contributed by atoms with Gasteiger partial charge in [0.25, 0.3) is 0 Å². The molecule has 15 heavy (non-hydrogen) atoms. The molecule has 0 amide bonds. The van der Waals surface area contributed by atoms with Crippen LogP contribution in [-0.2, 0) is 0 Å².